The normalized spacial score (nSPS) is 11.6. The summed E-state index contributed by atoms with van der Waals surface area (Å²) < 4.78 is 27.4. The van der Waals surface area contributed by atoms with E-state index in [1.807, 2.05) is 20.8 Å². The van der Waals surface area contributed by atoms with Crippen molar-refractivity contribution in [3.63, 3.8) is 0 Å². The lowest BCUT2D eigenvalue weighted by molar-refractivity contribution is 0.225. The average molecular weight is 344 g/mol. The molecule has 0 spiro atoms. The monoisotopic (exact) mass is 344 g/mol. The fourth-order valence-electron chi connectivity index (χ4n) is 1.49. The number of rotatable bonds is 3. The maximum atomic E-state index is 9.63. The number of benzene rings is 1. The van der Waals surface area contributed by atoms with E-state index in [1.165, 1.54) is 0 Å². The van der Waals surface area contributed by atoms with Crippen molar-refractivity contribution < 1.29 is 42.9 Å². The van der Waals surface area contributed by atoms with Gasteiger partial charge in [-0.05, 0) is 43.5 Å². The van der Waals surface area contributed by atoms with Crippen LogP contribution < -0.4 is 4.74 Å². The minimum atomic E-state index is -5.05. The van der Waals surface area contributed by atoms with Gasteiger partial charge in [0, 0.05) is 0 Å². The topological polar surface area (TPSA) is 154 Å². The molecule has 11 heteroatoms. The molecule has 0 aliphatic carbocycles. The van der Waals surface area contributed by atoms with E-state index in [2.05, 4.69) is 4.31 Å². The van der Waals surface area contributed by atoms with E-state index >= 15 is 0 Å². The first kappa shape index (κ1) is 20.1. The summed E-state index contributed by atoms with van der Waals surface area (Å²) in [5.41, 5.74) is 2.87. The molecular weight excluding hydrogens is 326 g/mol. The third-order valence-corrected chi connectivity index (χ3v) is 4.12. The summed E-state index contributed by atoms with van der Waals surface area (Å²) >= 11 is 0. The van der Waals surface area contributed by atoms with Crippen LogP contribution in [-0.2, 0) is 13.4 Å². The van der Waals surface area contributed by atoms with Crippen molar-refractivity contribution in [1.29, 1.82) is 0 Å². The zero-order chi connectivity index (χ0) is 17.0. The van der Waals surface area contributed by atoms with Gasteiger partial charge >= 0.3 is 15.6 Å². The number of phenolic OH excluding ortho intramolecular Hbond substituents is 1. The van der Waals surface area contributed by atoms with Crippen LogP contribution in [-0.4, -0.2) is 31.8 Å². The predicted molar refractivity (Wildman–Crippen MR) is 74.0 cm³/mol. The Morgan fingerprint density at radius 1 is 0.952 bits per heavy atom. The van der Waals surface area contributed by atoms with Gasteiger partial charge in [-0.1, -0.05) is 0 Å². The van der Waals surface area contributed by atoms with Gasteiger partial charge in [-0.15, -0.1) is 0 Å². The van der Waals surface area contributed by atoms with Crippen molar-refractivity contribution in [2.45, 2.75) is 20.8 Å². The molecule has 0 saturated heterocycles. The van der Waals surface area contributed by atoms with Gasteiger partial charge in [0.05, 0.1) is 7.11 Å². The van der Waals surface area contributed by atoms with E-state index in [4.69, 9.17) is 24.3 Å². The number of aromatic hydroxyl groups is 1. The van der Waals surface area contributed by atoms with Crippen LogP contribution >= 0.6 is 15.6 Å². The highest BCUT2D eigenvalue weighted by Crippen LogP contribution is 2.53. The number of phosphoric acid groups is 2. The summed E-state index contributed by atoms with van der Waals surface area (Å²) in [6, 6.07) is 1.72. The molecule has 5 N–H and O–H groups in total. The number of aryl methyl sites for hydroxylation is 1. The molecular formula is C10H18O9P2. The van der Waals surface area contributed by atoms with Crippen molar-refractivity contribution >= 4 is 15.6 Å². The summed E-state index contributed by atoms with van der Waals surface area (Å²) in [4.78, 5) is 31.0. The highest BCUT2D eigenvalue weighted by atomic mass is 31.3. The van der Waals surface area contributed by atoms with Crippen LogP contribution in [0.5, 0.6) is 11.5 Å². The molecule has 0 heterocycles. The first-order valence-corrected chi connectivity index (χ1v) is 8.50. The third-order valence-electron chi connectivity index (χ3n) is 2.42. The van der Waals surface area contributed by atoms with Gasteiger partial charge in [0.2, 0.25) is 0 Å². The number of hydrogen-bond donors (Lipinski definition) is 5. The molecule has 0 atom stereocenters. The highest BCUT2D eigenvalue weighted by Gasteiger charge is 2.27. The second-order valence-electron chi connectivity index (χ2n) is 4.06. The van der Waals surface area contributed by atoms with Crippen LogP contribution in [0.4, 0.5) is 0 Å². The summed E-state index contributed by atoms with van der Waals surface area (Å²) in [5, 5.41) is 9.45. The molecule has 0 radical (unpaired) electrons. The maximum Gasteiger partial charge on any atom is 0.478 e. The van der Waals surface area contributed by atoms with Crippen molar-refractivity contribution in [3.05, 3.63) is 22.8 Å². The lowest BCUT2D eigenvalue weighted by atomic mass is 10.0. The van der Waals surface area contributed by atoms with Gasteiger partial charge in [-0.25, -0.2) is 9.13 Å². The summed E-state index contributed by atoms with van der Waals surface area (Å²) in [6.45, 7) is 5.75. The van der Waals surface area contributed by atoms with Gasteiger partial charge in [0.1, 0.15) is 11.5 Å². The molecule has 0 unspecified atom stereocenters. The first-order valence-electron chi connectivity index (χ1n) is 5.44. The predicted octanol–water partition coefficient (Wildman–Crippen LogP) is 1.51. The van der Waals surface area contributed by atoms with Crippen molar-refractivity contribution in [2.24, 2.45) is 0 Å². The van der Waals surface area contributed by atoms with Crippen molar-refractivity contribution in [1.82, 2.24) is 0 Å². The smallest absolute Gasteiger partial charge is 0.478 e. The Balaban J connectivity index is 0.000000400. The van der Waals surface area contributed by atoms with E-state index in [0.29, 0.717) is 5.75 Å². The van der Waals surface area contributed by atoms with E-state index in [-0.39, 0.29) is 0 Å². The second kappa shape index (κ2) is 7.38. The summed E-state index contributed by atoms with van der Waals surface area (Å²) in [5.74, 6) is 1.20. The SMILES string of the molecule is COc1c(C)cc(O)c(C)c1C.O=P(O)(O)OP(=O)(O)O. The molecule has 0 fully saturated rings. The molecule has 122 valence electrons. The van der Waals surface area contributed by atoms with E-state index in [1.54, 1.807) is 13.2 Å². The molecule has 9 nitrogen and oxygen atoms in total. The molecule has 0 aromatic heterocycles. The lowest BCUT2D eigenvalue weighted by Crippen LogP contribution is -1.93. The summed E-state index contributed by atoms with van der Waals surface area (Å²) in [7, 11) is -8.46. The third kappa shape index (κ3) is 7.59. The molecule has 0 aliphatic heterocycles. The zero-order valence-electron chi connectivity index (χ0n) is 11.8. The average Bonchev–Trinajstić information content (AvgIpc) is 2.22. The van der Waals surface area contributed by atoms with E-state index in [0.717, 1.165) is 22.4 Å². The van der Waals surface area contributed by atoms with Gasteiger partial charge in [-0.2, -0.15) is 4.31 Å². The second-order valence-corrected chi connectivity index (χ2v) is 6.67. The van der Waals surface area contributed by atoms with Gasteiger partial charge in [0.25, 0.3) is 0 Å². The largest absolute Gasteiger partial charge is 0.508 e. The van der Waals surface area contributed by atoms with E-state index < -0.39 is 15.6 Å². The Morgan fingerprint density at radius 2 is 1.38 bits per heavy atom. The lowest BCUT2D eigenvalue weighted by Gasteiger charge is -2.11. The Bertz CT molecular complexity index is 567. The van der Waals surface area contributed by atoms with E-state index in [9.17, 15) is 14.2 Å². The quantitative estimate of drug-likeness (QED) is 0.513. The molecule has 1 aromatic rings. The minimum absolute atomic E-state index is 0.339. The van der Waals surface area contributed by atoms with Crippen LogP contribution in [0, 0.1) is 20.8 Å². The Hall–Kier alpha value is -0.920. The molecule has 0 amide bonds. The fraction of sp³-hybridized carbons (Fsp3) is 0.400. The Labute approximate surface area is 121 Å². The number of hydrogen-bond acceptors (Lipinski definition) is 5. The van der Waals surface area contributed by atoms with Crippen molar-refractivity contribution in [3.8, 4) is 11.5 Å². The molecule has 0 bridgehead atoms. The first-order chi connectivity index (χ1) is 9.28. The Morgan fingerprint density at radius 3 is 1.67 bits per heavy atom. The number of phenols is 1. The molecule has 1 rings (SSSR count). The highest BCUT2D eigenvalue weighted by molar-refractivity contribution is 7.60. The maximum absolute atomic E-state index is 9.63. The molecule has 21 heavy (non-hydrogen) atoms. The standard InChI is InChI=1S/C10H14O2.H4O7P2/c1-6-5-9(11)7(2)8(3)10(6)12-4;1-8(2,3)7-9(4,5)6/h5,11H,1-4H3;(H2,1,2,3)(H2,4,5,6). The fourth-order valence-corrected chi connectivity index (χ4v) is 2.60. The molecule has 0 saturated carbocycles. The zero-order valence-corrected chi connectivity index (χ0v) is 13.6. The minimum Gasteiger partial charge on any atom is -0.508 e. The number of ether oxygens (including phenoxy) is 1. The van der Waals surface area contributed by atoms with Gasteiger partial charge in [0.15, 0.2) is 0 Å². The Kier molecular flexibility index (Phi) is 7.05. The van der Waals surface area contributed by atoms with Crippen LogP contribution in [0.25, 0.3) is 0 Å². The number of methoxy groups -OCH3 is 1. The van der Waals surface area contributed by atoms with Crippen LogP contribution in [0.3, 0.4) is 0 Å². The molecule has 1 aromatic carbocycles. The van der Waals surface area contributed by atoms with Gasteiger partial charge < -0.3 is 29.4 Å². The van der Waals surface area contributed by atoms with Crippen LogP contribution in [0.2, 0.25) is 0 Å². The summed E-state index contributed by atoms with van der Waals surface area (Å²) in [6.07, 6.45) is 0. The van der Waals surface area contributed by atoms with Crippen molar-refractivity contribution in [2.75, 3.05) is 7.11 Å². The van der Waals surface area contributed by atoms with Gasteiger partial charge in [-0.3, -0.25) is 0 Å². The van der Waals surface area contributed by atoms with Crippen LogP contribution in [0.1, 0.15) is 16.7 Å². The van der Waals surface area contributed by atoms with Crippen LogP contribution in [0.15, 0.2) is 6.07 Å². The molecule has 0 aliphatic rings.